The Morgan fingerprint density at radius 1 is 1.29 bits per heavy atom. The molecule has 1 aliphatic carbocycles. The number of benzene rings is 1. The Morgan fingerprint density at radius 3 is 2.71 bits per heavy atom. The number of nitrogens with one attached hydrogen (secondary N) is 2. The monoisotopic (exact) mass is 328 g/mol. The zero-order valence-electron chi connectivity index (χ0n) is 14.2. The summed E-state index contributed by atoms with van der Waals surface area (Å²) in [5, 5.41) is 5.97. The molecule has 0 bridgehead atoms. The third kappa shape index (κ3) is 3.58. The molecule has 6 nitrogen and oxygen atoms in total. The van der Waals surface area contributed by atoms with Crippen molar-refractivity contribution in [2.24, 2.45) is 0 Å². The number of carbonyl (C=O) groups excluding carboxylic acids is 2. The molecule has 1 aromatic carbocycles. The van der Waals surface area contributed by atoms with Crippen LogP contribution in [-0.4, -0.2) is 27.4 Å². The quantitative estimate of drug-likeness (QED) is 0.884. The van der Waals surface area contributed by atoms with Crippen molar-refractivity contribution in [1.82, 2.24) is 20.2 Å². The van der Waals surface area contributed by atoms with Crippen LogP contribution < -0.4 is 10.6 Å². The molecule has 1 atom stereocenters. The normalized spacial score (nSPS) is 16.2. The predicted molar refractivity (Wildman–Crippen MR) is 92.4 cm³/mol. The Balaban J connectivity index is 1.86. The summed E-state index contributed by atoms with van der Waals surface area (Å²) < 4.78 is 1.90. The molecule has 0 radical (unpaired) electrons. The average molecular weight is 328 g/mol. The van der Waals surface area contributed by atoms with Crippen LogP contribution in [-0.2, 0) is 16.1 Å². The molecule has 0 aliphatic heterocycles. The van der Waals surface area contributed by atoms with E-state index in [0.29, 0.717) is 11.9 Å². The number of imidazole rings is 1. The standard InChI is InChI=1S/C18H24N4O2/c1-12(19-13(2)23)18-21-15-9-5-6-10-16(15)22(18)11-17(24)20-14-7-3-4-8-14/h5-6,9-10,12,14H,3-4,7-8,11H2,1-2H3,(H,19,23)(H,20,24)/t12-/m0/s1. The summed E-state index contributed by atoms with van der Waals surface area (Å²) in [7, 11) is 0. The second-order valence-electron chi connectivity index (χ2n) is 6.52. The fraction of sp³-hybridized carbons (Fsp3) is 0.500. The van der Waals surface area contributed by atoms with Crippen LogP contribution in [0.25, 0.3) is 11.0 Å². The van der Waals surface area contributed by atoms with Gasteiger partial charge in [-0.1, -0.05) is 25.0 Å². The molecule has 1 saturated carbocycles. The van der Waals surface area contributed by atoms with Gasteiger partial charge in [0.15, 0.2) is 0 Å². The third-order valence-electron chi connectivity index (χ3n) is 4.51. The number of nitrogens with zero attached hydrogens (tertiary/aromatic N) is 2. The van der Waals surface area contributed by atoms with Gasteiger partial charge in [-0.05, 0) is 31.9 Å². The number of amides is 2. The molecular formula is C18H24N4O2. The number of carbonyl (C=O) groups is 2. The highest BCUT2D eigenvalue weighted by Crippen LogP contribution is 2.21. The molecule has 0 unspecified atom stereocenters. The second kappa shape index (κ2) is 7.03. The second-order valence-corrected chi connectivity index (χ2v) is 6.52. The molecule has 2 amide bonds. The van der Waals surface area contributed by atoms with Crippen LogP contribution in [0.3, 0.4) is 0 Å². The molecular weight excluding hydrogens is 304 g/mol. The molecule has 2 aromatic rings. The fourth-order valence-corrected chi connectivity index (χ4v) is 3.45. The SMILES string of the molecule is CC(=O)N[C@@H](C)c1nc2ccccc2n1CC(=O)NC1CCCC1. The van der Waals surface area contributed by atoms with Crippen molar-refractivity contribution in [2.75, 3.05) is 0 Å². The van der Waals surface area contributed by atoms with E-state index in [4.69, 9.17) is 0 Å². The lowest BCUT2D eigenvalue weighted by Crippen LogP contribution is -2.36. The van der Waals surface area contributed by atoms with E-state index in [9.17, 15) is 9.59 Å². The first-order chi connectivity index (χ1) is 11.5. The van der Waals surface area contributed by atoms with Gasteiger partial charge in [0.1, 0.15) is 12.4 Å². The van der Waals surface area contributed by atoms with E-state index in [1.54, 1.807) is 0 Å². The predicted octanol–water partition coefficient (Wildman–Crippen LogP) is 2.29. The van der Waals surface area contributed by atoms with Crippen molar-refractivity contribution >= 4 is 22.8 Å². The average Bonchev–Trinajstić information content (AvgIpc) is 3.15. The number of aromatic nitrogens is 2. The molecule has 3 rings (SSSR count). The molecule has 128 valence electrons. The molecule has 2 N–H and O–H groups in total. The Hall–Kier alpha value is -2.37. The number of rotatable bonds is 5. The molecule has 1 aromatic heterocycles. The number of hydrogen-bond donors (Lipinski definition) is 2. The minimum atomic E-state index is -0.255. The van der Waals surface area contributed by atoms with E-state index in [2.05, 4.69) is 15.6 Å². The summed E-state index contributed by atoms with van der Waals surface area (Å²) in [6, 6.07) is 7.77. The lowest BCUT2D eigenvalue weighted by Gasteiger charge is -2.17. The van der Waals surface area contributed by atoms with Crippen molar-refractivity contribution in [3.8, 4) is 0 Å². The first-order valence-corrected chi connectivity index (χ1v) is 8.56. The van der Waals surface area contributed by atoms with Crippen LogP contribution in [0, 0.1) is 0 Å². The Kier molecular flexibility index (Phi) is 4.83. The summed E-state index contributed by atoms with van der Waals surface area (Å²) in [5.41, 5.74) is 1.74. The molecule has 6 heteroatoms. The van der Waals surface area contributed by atoms with E-state index in [1.165, 1.54) is 19.8 Å². The molecule has 1 heterocycles. The van der Waals surface area contributed by atoms with Crippen molar-refractivity contribution in [1.29, 1.82) is 0 Å². The Bertz CT molecular complexity index is 747. The summed E-state index contributed by atoms with van der Waals surface area (Å²) >= 11 is 0. The maximum atomic E-state index is 12.5. The van der Waals surface area contributed by atoms with E-state index in [1.807, 2.05) is 35.8 Å². The molecule has 0 saturated heterocycles. The fourth-order valence-electron chi connectivity index (χ4n) is 3.45. The largest absolute Gasteiger partial charge is 0.352 e. The van der Waals surface area contributed by atoms with Gasteiger partial charge in [-0.3, -0.25) is 9.59 Å². The van der Waals surface area contributed by atoms with Crippen molar-refractivity contribution in [3.63, 3.8) is 0 Å². The van der Waals surface area contributed by atoms with Crippen molar-refractivity contribution < 1.29 is 9.59 Å². The van der Waals surface area contributed by atoms with Gasteiger partial charge in [-0.25, -0.2) is 4.98 Å². The van der Waals surface area contributed by atoms with Gasteiger partial charge in [-0.15, -0.1) is 0 Å². The van der Waals surface area contributed by atoms with Gasteiger partial charge in [0.05, 0.1) is 17.1 Å². The minimum absolute atomic E-state index is 0.00123. The summed E-state index contributed by atoms with van der Waals surface area (Å²) in [6.45, 7) is 3.58. The highest BCUT2D eigenvalue weighted by Gasteiger charge is 2.21. The Labute approximate surface area is 141 Å². The highest BCUT2D eigenvalue weighted by molar-refractivity contribution is 5.81. The van der Waals surface area contributed by atoms with E-state index >= 15 is 0 Å². The molecule has 24 heavy (non-hydrogen) atoms. The van der Waals surface area contributed by atoms with Gasteiger partial charge in [-0.2, -0.15) is 0 Å². The van der Waals surface area contributed by atoms with Crippen LogP contribution >= 0.6 is 0 Å². The first-order valence-electron chi connectivity index (χ1n) is 8.56. The van der Waals surface area contributed by atoms with Gasteiger partial charge in [0.25, 0.3) is 0 Å². The van der Waals surface area contributed by atoms with Gasteiger partial charge >= 0.3 is 0 Å². The number of fused-ring (bicyclic) bond motifs is 1. The number of para-hydroxylation sites is 2. The van der Waals surface area contributed by atoms with Crippen LogP contribution in [0.4, 0.5) is 0 Å². The summed E-state index contributed by atoms with van der Waals surface area (Å²) in [4.78, 5) is 28.5. The number of hydrogen-bond acceptors (Lipinski definition) is 3. The Morgan fingerprint density at radius 2 is 2.00 bits per heavy atom. The van der Waals surface area contributed by atoms with Crippen LogP contribution in [0.1, 0.15) is 51.4 Å². The first kappa shape index (κ1) is 16.5. The summed E-state index contributed by atoms with van der Waals surface area (Å²) in [6.07, 6.45) is 4.49. The lowest BCUT2D eigenvalue weighted by molar-refractivity contribution is -0.122. The van der Waals surface area contributed by atoms with E-state index < -0.39 is 0 Å². The van der Waals surface area contributed by atoms with Gasteiger partial charge < -0.3 is 15.2 Å². The molecule has 0 spiro atoms. The van der Waals surface area contributed by atoms with Crippen molar-refractivity contribution in [2.45, 2.75) is 58.2 Å². The zero-order chi connectivity index (χ0) is 17.1. The minimum Gasteiger partial charge on any atom is -0.352 e. The topological polar surface area (TPSA) is 76.0 Å². The van der Waals surface area contributed by atoms with E-state index in [0.717, 1.165) is 23.9 Å². The van der Waals surface area contributed by atoms with Crippen LogP contribution in [0.2, 0.25) is 0 Å². The lowest BCUT2D eigenvalue weighted by atomic mass is 10.2. The van der Waals surface area contributed by atoms with Gasteiger partial charge in [0, 0.05) is 13.0 Å². The zero-order valence-corrected chi connectivity index (χ0v) is 14.2. The van der Waals surface area contributed by atoms with Crippen molar-refractivity contribution in [3.05, 3.63) is 30.1 Å². The van der Waals surface area contributed by atoms with Crippen LogP contribution in [0.15, 0.2) is 24.3 Å². The smallest absolute Gasteiger partial charge is 0.240 e. The summed E-state index contributed by atoms with van der Waals surface area (Å²) in [5.74, 6) is 0.589. The third-order valence-corrected chi connectivity index (χ3v) is 4.51. The van der Waals surface area contributed by atoms with E-state index in [-0.39, 0.29) is 24.4 Å². The van der Waals surface area contributed by atoms with Crippen LogP contribution in [0.5, 0.6) is 0 Å². The maximum absolute atomic E-state index is 12.5. The van der Waals surface area contributed by atoms with Gasteiger partial charge in [0.2, 0.25) is 11.8 Å². The molecule has 1 fully saturated rings. The maximum Gasteiger partial charge on any atom is 0.240 e. The molecule has 1 aliphatic rings. The highest BCUT2D eigenvalue weighted by atomic mass is 16.2.